The number of carbonyl (C=O) groups excluding carboxylic acids is 3. The van der Waals surface area contributed by atoms with Crippen LogP contribution in [0.25, 0.3) is 0 Å². The zero-order chi connectivity index (χ0) is 21.2. The number of amides is 2. The largest absolute Gasteiger partial charge is 0.480 e. The Morgan fingerprint density at radius 2 is 1.96 bits per heavy atom. The van der Waals surface area contributed by atoms with Crippen molar-refractivity contribution in [1.82, 2.24) is 14.7 Å². The summed E-state index contributed by atoms with van der Waals surface area (Å²) >= 11 is 0.942. The van der Waals surface area contributed by atoms with E-state index in [9.17, 15) is 19.2 Å². The number of hydrogen-bond donors (Lipinski definition) is 2. The molecule has 0 radical (unpaired) electrons. The quantitative estimate of drug-likeness (QED) is 0.695. The molecule has 2 aromatic heterocycles. The molecule has 28 heavy (non-hydrogen) atoms. The number of thiophene rings is 1. The van der Waals surface area contributed by atoms with Crippen LogP contribution >= 0.6 is 11.3 Å². The maximum absolute atomic E-state index is 12.7. The number of rotatable bonds is 6. The third kappa shape index (κ3) is 3.88. The molecule has 1 atom stereocenters. The highest BCUT2D eigenvalue weighted by Crippen LogP contribution is 2.34. The minimum atomic E-state index is -1.15. The average Bonchev–Trinajstić information content (AvgIpc) is 3.24. The van der Waals surface area contributed by atoms with E-state index in [2.05, 4.69) is 10.4 Å². The van der Waals surface area contributed by atoms with Crippen molar-refractivity contribution in [3.05, 3.63) is 34.0 Å². The summed E-state index contributed by atoms with van der Waals surface area (Å²) in [4.78, 5) is 50.1. The number of nitrogens with zero attached hydrogens (tertiary/aromatic N) is 3. The maximum Gasteiger partial charge on any atom is 0.341 e. The van der Waals surface area contributed by atoms with E-state index in [0.717, 1.165) is 16.0 Å². The molecule has 0 spiro atoms. The van der Waals surface area contributed by atoms with Crippen molar-refractivity contribution in [2.75, 3.05) is 26.5 Å². The van der Waals surface area contributed by atoms with Gasteiger partial charge in [-0.3, -0.25) is 9.59 Å². The van der Waals surface area contributed by atoms with Crippen LogP contribution in [0.4, 0.5) is 5.00 Å². The molecule has 2 amide bonds. The minimum Gasteiger partial charge on any atom is -0.480 e. The van der Waals surface area contributed by atoms with E-state index in [1.807, 2.05) is 0 Å². The Hall–Kier alpha value is -3.21. The van der Waals surface area contributed by atoms with Crippen LogP contribution in [0, 0.1) is 6.92 Å². The summed E-state index contributed by atoms with van der Waals surface area (Å²) in [5.41, 5.74) is 0.457. The molecule has 1 unspecified atom stereocenters. The van der Waals surface area contributed by atoms with Gasteiger partial charge >= 0.3 is 11.9 Å². The first-order valence-corrected chi connectivity index (χ1v) is 8.92. The number of carboxylic acids is 1. The first kappa shape index (κ1) is 21.1. The second-order valence-electron chi connectivity index (χ2n) is 6.08. The van der Waals surface area contributed by atoms with Crippen LogP contribution in [0.3, 0.4) is 0 Å². The molecule has 2 rings (SSSR count). The SMILES string of the molecule is COC(=O)c1c(NC(=O)c2ccnn2C(C)C(=O)O)sc(C(=O)N(C)C)c1C. The fourth-order valence-corrected chi connectivity index (χ4v) is 3.64. The van der Waals surface area contributed by atoms with Crippen molar-refractivity contribution in [2.45, 2.75) is 19.9 Å². The number of ether oxygens (including phenoxy) is 1. The van der Waals surface area contributed by atoms with Crippen molar-refractivity contribution in [3.63, 3.8) is 0 Å². The van der Waals surface area contributed by atoms with E-state index in [1.165, 1.54) is 31.2 Å². The van der Waals surface area contributed by atoms with Crippen molar-refractivity contribution >= 4 is 40.1 Å². The predicted octanol–water partition coefficient (Wildman–Crippen LogP) is 1.64. The van der Waals surface area contributed by atoms with Gasteiger partial charge in [0.1, 0.15) is 16.7 Å². The Bertz CT molecular complexity index is 946. The number of aromatic nitrogens is 2. The van der Waals surface area contributed by atoms with E-state index in [-0.39, 0.29) is 27.0 Å². The summed E-state index contributed by atoms with van der Waals surface area (Å²) in [5.74, 6) is -2.84. The Morgan fingerprint density at radius 1 is 1.32 bits per heavy atom. The van der Waals surface area contributed by atoms with Crippen LogP contribution in [-0.2, 0) is 9.53 Å². The van der Waals surface area contributed by atoms with Gasteiger partial charge < -0.3 is 20.1 Å². The molecule has 0 saturated carbocycles. The molecule has 150 valence electrons. The molecule has 0 aromatic carbocycles. The van der Waals surface area contributed by atoms with Gasteiger partial charge in [0.05, 0.1) is 17.6 Å². The molecule has 2 N–H and O–H groups in total. The van der Waals surface area contributed by atoms with Crippen LogP contribution in [0.2, 0.25) is 0 Å². The second kappa shape index (κ2) is 8.21. The topological polar surface area (TPSA) is 131 Å². The predicted molar refractivity (Wildman–Crippen MR) is 101 cm³/mol. The number of nitrogens with one attached hydrogen (secondary N) is 1. The first-order valence-electron chi connectivity index (χ1n) is 8.11. The van der Waals surface area contributed by atoms with Crippen molar-refractivity contribution in [1.29, 1.82) is 0 Å². The number of anilines is 1. The average molecular weight is 408 g/mol. The summed E-state index contributed by atoms with van der Waals surface area (Å²) in [6, 6.07) is 0.297. The molecule has 0 aliphatic rings. The van der Waals surface area contributed by atoms with Gasteiger partial charge in [-0.1, -0.05) is 0 Å². The lowest BCUT2D eigenvalue weighted by molar-refractivity contribution is -0.140. The van der Waals surface area contributed by atoms with Gasteiger partial charge in [-0.15, -0.1) is 11.3 Å². The minimum absolute atomic E-state index is 0.00254. The number of esters is 1. The molecule has 2 heterocycles. The smallest absolute Gasteiger partial charge is 0.341 e. The third-order valence-electron chi connectivity index (χ3n) is 3.99. The van der Waals surface area contributed by atoms with E-state index < -0.39 is 23.9 Å². The van der Waals surface area contributed by atoms with E-state index in [4.69, 9.17) is 9.84 Å². The fraction of sp³-hybridized carbons (Fsp3) is 0.353. The van der Waals surface area contributed by atoms with E-state index in [0.29, 0.717) is 5.56 Å². The number of carboxylic acid groups (broad SMARTS) is 1. The second-order valence-corrected chi connectivity index (χ2v) is 7.10. The van der Waals surface area contributed by atoms with Gasteiger partial charge in [-0.2, -0.15) is 5.10 Å². The third-order valence-corrected chi connectivity index (χ3v) is 5.19. The van der Waals surface area contributed by atoms with Crippen molar-refractivity contribution in [3.8, 4) is 0 Å². The number of carbonyl (C=O) groups is 4. The summed E-state index contributed by atoms with van der Waals surface area (Å²) in [6.45, 7) is 2.97. The highest BCUT2D eigenvalue weighted by molar-refractivity contribution is 7.18. The van der Waals surface area contributed by atoms with Gasteiger partial charge in [0.15, 0.2) is 0 Å². The Kier molecular flexibility index (Phi) is 6.19. The maximum atomic E-state index is 12.7. The number of methoxy groups -OCH3 is 1. The molecule has 2 aromatic rings. The van der Waals surface area contributed by atoms with Crippen molar-refractivity contribution < 1.29 is 29.0 Å². The molecule has 0 aliphatic carbocycles. The van der Waals surface area contributed by atoms with E-state index >= 15 is 0 Å². The molecule has 10 nitrogen and oxygen atoms in total. The molecule has 0 saturated heterocycles. The molecule has 0 fully saturated rings. The highest BCUT2D eigenvalue weighted by Gasteiger charge is 2.28. The van der Waals surface area contributed by atoms with Gasteiger partial charge in [0, 0.05) is 20.3 Å². The lowest BCUT2D eigenvalue weighted by Gasteiger charge is -2.11. The molecule has 0 bridgehead atoms. The summed E-state index contributed by atoms with van der Waals surface area (Å²) in [6.07, 6.45) is 1.30. The zero-order valence-electron chi connectivity index (χ0n) is 16.0. The molecular weight excluding hydrogens is 388 g/mol. The van der Waals surface area contributed by atoms with Crippen LogP contribution in [-0.4, -0.2) is 64.7 Å². The highest BCUT2D eigenvalue weighted by atomic mass is 32.1. The Balaban J connectivity index is 2.46. The lowest BCUT2D eigenvalue weighted by atomic mass is 10.1. The van der Waals surface area contributed by atoms with E-state index in [1.54, 1.807) is 21.0 Å². The van der Waals surface area contributed by atoms with Gasteiger partial charge in [0.2, 0.25) is 0 Å². The summed E-state index contributed by atoms with van der Waals surface area (Å²) in [5, 5.41) is 15.7. The van der Waals surface area contributed by atoms with Gasteiger partial charge in [-0.25, -0.2) is 14.3 Å². The van der Waals surface area contributed by atoms with Crippen LogP contribution in [0.15, 0.2) is 12.3 Å². The van der Waals surface area contributed by atoms with Crippen LogP contribution in [0.5, 0.6) is 0 Å². The first-order chi connectivity index (χ1) is 13.1. The standard InChI is InChI=1S/C17H20N4O6S/c1-8-11(17(26)27-5)14(28-12(8)15(23)20(3)4)19-13(22)10-6-7-18-21(10)9(2)16(24)25/h6-7,9H,1-5H3,(H,19,22)(H,24,25). The number of hydrogen-bond acceptors (Lipinski definition) is 7. The molecular formula is C17H20N4O6S. The molecule has 0 aliphatic heterocycles. The summed E-state index contributed by atoms with van der Waals surface area (Å²) < 4.78 is 5.83. The fourth-order valence-electron chi connectivity index (χ4n) is 2.43. The van der Waals surface area contributed by atoms with Gasteiger partial charge in [0.25, 0.3) is 11.8 Å². The normalized spacial score (nSPS) is 11.6. The van der Waals surface area contributed by atoms with Crippen LogP contribution in [0.1, 0.15) is 49.0 Å². The summed E-state index contributed by atoms with van der Waals surface area (Å²) in [7, 11) is 4.34. The zero-order valence-corrected chi connectivity index (χ0v) is 16.8. The van der Waals surface area contributed by atoms with Gasteiger partial charge in [-0.05, 0) is 25.5 Å². The molecule has 11 heteroatoms. The van der Waals surface area contributed by atoms with Crippen molar-refractivity contribution in [2.24, 2.45) is 0 Å². The Labute approximate surface area is 164 Å². The van der Waals surface area contributed by atoms with Crippen LogP contribution < -0.4 is 5.32 Å². The lowest BCUT2D eigenvalue weighted by Crippen LogP contribution is -2.24. The number of aliphatic carboxylic acids is 1. The monoisotopic (exact) mass is 408 g/mol. The Morgan fingerprint density at radius 3 is 2.50 bits per heavy atom.